The topological polar surface area (TPSA) is 87.4 Å². The number of nitrogens with zero attached hydrogens (tertiary/aromatic N) is 4. The Balaban J connectivity index is 0.00000243. The summed E-state index contributed by atoms with van der Waals surface area (Å²) < 4.78 is 1.95. The van der Waals surface area contributed by atoms with E-state index in [2.05, 4.69) is 25.7 Å². The fraction of sp³-hybridized carbons (Fsp3) is 0.471. The van der Waals surface area contributed by atoms with Gasteiger partial charge in [-0.1, -0.05) is 23.7 Å². The van der Waals surface area contributed by atoms with Crippen LogP contribution in [0.25, 0.3) is 0 Å². The zero-order chi connectivity index (χ0) is 17.8. The van der Waals surface area contributed by atoms with Crippen LogP contribution in [0.4, 0.5) is 0 Å². The zero-order valence-electron chi connectivity index (χ0n) is 14.8. The molecule has 2 heterocycles. The minimum atomic E-state index is -0.672. The first-order valence-electron chi connectivity index (χ1n) is 8.39. The molecule has 3 rings (SSSR count). The summed E-state index contributed by atoms with van der Waals surface area (Å²) in [5.41, 5.74) is 0.767. The van der Waals surface area contributed by atoms with Crippen LogP contribution in [0.2, 0.25) is 5.02 Å². The normalized spacial score (nSPS) is 17.8. The van der Waals surface area contributed by atoms with Crippen molar-refractivity contribution in [2.75, 3.05) is 13.6 Å². The Hall–Kier alpha value is -1.39. The van der Waals surface area contributed by atoms with Crippen molar-refractivity contribution in [3.05, 3.63) is 46.5 Å². The molecule has 0 spiro atoms. The fourth-order valence-electron chi connectivity index (χ4n) is 2.99. The summed E-state index contributed by atoms with van der Waals surface area (Å²) in [4.78, 5) is 8.76. The number of aliphatic hydroxyl groups is 1. The van der Waals surface area contributed by atoms with Crippen LogP contribution in [0, 0.1) is 6.92 Å². The van der Waals surface area contributed by atoms with Gasteiger partial charge in [-0.2, -0.15) is 5.10 Å². The minimum absolute atomic E-state index is 0. The molecule has 26 heavy (non-hydrogen) atoms. The first-order valence-corrected chi connectivity index (χ1v) is 8.76. The molecule has 1 aliphatic rings. The molecule has 0 fully saturated rings. The molecule has 0 saturated heterocycles. The number of benzene rings is 1. The smallest absolute Gasteiger partial charge is 0.191 e. The van der Waals surface area contributed by atoms with E-state index >= 15 is 0 Å². The molecule has 2 aromatic rings. The molecule has 1 aromatic carbocycles. The number of hydrogen-bond donors (Lipinski definition) is 3. The molecule has 0 bridgehead atoms. The van der Waals surface area contributed by atoms with E-state index in [-0.39, 0.29) is 30.0 Å². The predicted molar refractivity (Wildman–Crippen MR) is 113 cm³/mol. The molecular weight excluding hydrogens is 467 g/mol. The lowest BCUT2D eigenvalue weighted by Crippen LogP contribution is -2.42. The maximum Gasteiger partial charge on any atom is 0.191 e. The standard InChI is InChI=1S/C17H23ClN6O.HI/c1-11-21-16-14(7-4-8-24(16)23-11)22-17(19-2)20-10-15(25)12-5-3-6-13(18)9-12;/h3,5-6,9,14-15,25H,4,7-8,10H2,1-2H3,(H2,19,20,22);1H. The molecule has 0 saturated carbocycles. The van der Waals surface area contributed by atoms with Crippen molar-refractivity contribution >= 4 is 41.5 Å². The third kappa shape index (κ3) is 5.08. The van der Waals surface area contributed by atoms with Crippen LogP contribution >= 0.6 is 35.6 Å². The molecule has 7 nitrogen and oxygen atoms in total. The van der Waals surface area contributed by atoms with Gasteiger partial charge in [0.2, 0.25) is 0 Å². The Kier molecular flexibility index (Phi) is 7.66. The Labute approximate surface area is 175 Å². The fourth-order valence-corrected chi connectivity index (χ4v) is 3.19. The summed E-state index contributed by atoms with van der Waals surface area (Å²) in [6.07, 6.45) is 1.33. The summed E-state index contributed by atoms with van der Waals surface area (Å²) in [5, 5.41) is 21.9. The van der Waals surface area contributed by atoms with E-state index in [0.29, 0.717) is 17.5 Å². The van der Waals surface area contributed by atoms with E-state index in [0.717, 1.165) is 36.6 Å². The zero-order valence-corrected chi connectivity index (χ0v) is 17.9. The molecule has 1 aromatic heterocycles. The van der Waals surface area contributed by atoms with Gasteiger partial charge in [-0.25, -0.2) is 9.67 Å². The number of rotatable bonds is 4. The van der Waals surface area contributed by atoms with Crippen LogP contribution in [-0.4, -0.2) is 39.4 Å². The van der Waals surface area contributed by atoms with Crippen LogP contribution < -0.4 is 10.6 Å². The van der Waals surface area contributed by atoms with E-state index in [9.17, 15) is 5.11 Å². The van der Waals surface area contributed by atoms with Gasteiger partial charge in [-0.15, -0.1) is 24.0 Å². The lowest BCUT2D eigenvalue weighted by Gasteiger charge is -2.25. The van der Waals surface area contributed by atoms with E-state index in [1.54, 1.807) is 19.2 Å². The largest absolute Gasteiger partial charge is 0.387 e. The van der Waals surface area contributed by atoms with Crippen LogP contribution in [0.1, 0.15) is 42.2 Å². The predicted octanol–water partition coefficient (Wildman–Crippen LogP) is 2.59. The average molecular weight is 491 g/mol. The lowest BCUT2D eigenvalue weighted by molar-refractivity contribution is 0.180. The maximum atomic E-state index is 10.3. The number of halogens is 2. The van der Waals surface area contributed by atoms with E-state index in [1.807, 2.05) is 23.7 Å². The summed E-state index contributed by atoms with van der Waals surface area (Å²) in [6.45, 7) is 3.13. The average Bonchev–Trinajstić information content (AvgIpc) is 2.99. The Morgan fingerprint density at radius 3 is 3.04 bits per heavy atom. The van der Waals surface area contributed by atoms with Crippen molar-refractivity contribution in [3.8, 4) is 0 Å². The lowest BCUT2D eigenvalue weighted by atomic mass is 10.1. The minimum Gasteiger partial charge on any atom is -0.387 e. The van der Waals surface area contributed by atoms with Gasteiger partial charge in [0.15, 0.2) is 5.96 Å². The van der Waals surface area contributed by atoms with Gasteiger partial charge in [-0.3, -0.25) is 4.99 Å². The first-order chi connectivity index (χ1) is 12.1. The Morgan fingerprint density at radius 2 is 2.31 bits per heavy atom. The van der Waals surface area contributed by atoms with Crippen molar-refractivity contribution in [1.29, 1.82) is 0 Å². The van der Waals surface area contributed by atoms with Gasteiger partial charge in [0, 0.05) is 25.2 Å². The summed E-state index contributed by atoms with van der Waals surface area (Å²) in [6, 6.07) is 7.28. The highest BCUT2D eigenvalue weighted by atomic mass is 127. The molecule has 142 valence electrons. The number of hydrogen-bond acceptors (Lipinski definition) is 4. The third-order valence-electron chi connectivity index (χ3n) is 4.21. The summed E-state index contributed by atoms with van der Waals surface area (Å²) >= 11 is 5.97. The van der Waals surface area contributed by atoms with E-state index in [4.69, 9.17) is 11.6 Å². The van der Waals surface area contributed by atoms with Gasteiger partial charge < -0.3 is 15.7 Å². The second-order valence-electron chi connectivity index (χ2n) is 6.10. The SMILES string of the molecule is CN=C(NCC(O)c1cccc(Cl)c1)NC1CCCn2nc(C)nc21.I. The number of aryl methyl sites for hydroxylation is 2. The molecule has 0 aliphatic carbocycles. The Morgan fingerprint density at radius 1 is 1.50 bits per heavy atom. The van der Waals surface area contributed by atoms with Crippen LogP contribution in [0.15, 0.2) is 29.3 Å². The van der Waals surface area contributed by atoms with Gasteiger partial charge in [0.05, 0.1) is 12.1 Å². The molecule has 2 unspecified atom stereocenters. The first kappa shape index (κ1) is 20.9. The van der Waals surface area contributed by atoms with Crippen molar-refractivity contribution in [2.24, 2.45) is 4.99 Å². The molecule has 2 atom stereocenters. The number of fused-ring (bicyclic) bond motifs is 1. The Bertz CT molecular complexity index is 765. The summed E-state index contributed by atoms with van der Waals surface area (Å²) in [5.74, 6) is 2.34. The number of aliphatic imine (C=N–C) groups is 1. The van der Waals surface area contributed by atoms with Crippen LogP contribution in [-0.2, 0) is 6.54 Å². The van der Waals surface area contributed by atoms with E-state index < -0.39 is 6.10 Å². The second kappa shape index (κ2) is 9.52. The van der Waals surface area contributed by atoms with Crippen molar-refractivity contribution in [2.45, 2.75) is 38.5 Å². The number of aromatic nitrogens is 3. The van der Waals surface area contributed by atoms with Crippen LogP contribution in [0.5, 0.6) is 0 Å². The molecule has 0 amide bonds. The maximum absolute atomic E-state index is 10.3. The molecule has 9 heteroatoms. The van der Waals surface area contributed by atoms with Crippen LogP contribution in [0.3, 0.4) is 0 Å². The van der Waals surface area contributed by atoms with Crippen molar-refractivity contribution in [3.63, 3.8) is 0 Å². The highest BCUT2D eigenvalue weighted by Crippen LogP contribution is 2.23. The highest BCUT2D eigenvalue weighted by molar-refractivity contribution is 14.0. The quantitative estimate of drug-likeness (QED) is 0.348. The molecule has 3 N–H and O–H groups in total. The third-order valence-corrected chi connectivity index (χ3v) is 4.45. The monoisotopic (exact) mass is 490 g/mol. The summed E-state index contributed by atoms with van der Waals surface area (Å²) in [7, 11) is 1.71. The number of aliphatic hydroxyl groups excluding tert-OH is 1. The van der Waals surface area contributed by atoms with Gasteiger partial charge >= 0.3 is 0 Å². The van der Waals surface area contributed by atoms with Gasteiger partial charge in [0.25, 0.3) is 0 Å². The molecule has 1 aliphatic heterocycles. The van der Waals surface area contributed by atoms with Gasteiger partial charge in [0.1, 0.15) is 11.6 Å². The molecule has 0 radical (unpaired) electrons. The van der Waals surface area contributed by atoms with Crippen molar-refractivity contribution in [1.82, 2.24) is 25.4 Å². The van der Waals surface area contributed by atoms with Gasteiger partial charge in [-0.05, 0) is 37.5 Å². The van der Waals surface area contributed by atoms with E-state index in [1.165, 1.54) is 0 Å². The van der Waals surface area contributed by atoms with Crippen molar-refractivity contribution < 1.29 is 5.11 Å². The number of guanidine groups is 1. The second-order valence-corrected chi connectivity index (χ2v) is 6.54. The number of nitrogens with one attached hydrogen (secondary N) is 2. The molecular formula is C17H24ClIN6O. The highest BCUT2D eigenvalue weighted by Gasteiger charge is 2.24.